The van der Waals surface area contributed by atoms with Crippen LogP contribution in [0.1, 0.15) is 12.8 Å². The summed E-state index contributed by atoms with van der Waals surface area (Å²) < 4.78 is 6.35. The highest BCUT2D eigenvalue weighted by Crippen LogP contribution is 2.45. The highest BCUT2D eigenvalue weighted by Gasteiger charge is 2.48. The Morgan fingerprint density at radius 2 is 2.00 bits per heavy atom. The standard InChI is InChI=1S/C17H19N3OS/c1-2-12(6-18-3-1)15-7-19-17(22-15)21-16-13-4-11-5-14(16)10-20(8-11)9-13/h1-3,6-7,11,13-14,16H,4-5,8-10H2/t11?,13-,14-,16?/m1/s1. The summed E-state index contributed by atoms with van der Waals surface area (Å²) in [5, 5.41) is 0.825. The zero-order valence-electron chi connectivity index (χ0n) is 12.4. The van der Waals surface area contributed by atoms with Crippen LogP contribution in [0, 0.1) is 17.8 Å². The zero-order chi connectivity index (χ0) is 14.5. The van der Waals surface area contributed by atoms with E-state index in [4.69, 9.17) is 4.74 Å². The molecule has 1 aliphatic carbocycles. The minimum absolute atomic E-state index is 0.376. The van der Waals surface area contributed by atoms with E-state index in [-0.39, 0.29) is 0 Å². The van der Waals surface area contributed by atoms with E-state index in [2.05, 4.69) is 20.9 Å². The van der Waals surface area contributed by atoms with Crippen molar-refractivity contribution in [2.75, 3.05) is 19.6 Å². The smallest absolute Gasteiger partial charge is 0.274 e. The third-order valence-electron chi connectivity index (χ3n) is 5.37. The molecule has 2 atom stereocenters. The van der Waals surface area contributed by atoms with Gasteiger partial charge >= 0.3 is 0 Å². The van der Waals surface area contributed by atoms with Gasteiger partial charge < -0.3 is 9.64 Å². The van der Waals surface area contributed by atoms with Crippen molar-refractivity contribution in [3.05, 3.63) is 30.7 Å². The quantitative estimate of drug-likeness (QED) is 0.873. The van der Waals surface area contributed by atoms with Gasteiger partial charge in [0.2, 0.25) is 0 Å². The molecule has 4 bridgehead atoms. The second-order valence-corrected chi connectivity index (χ2v) is 7.88. The van der Waals surface area contributed by atoms with Crippen LogP contribution in [0.4, 0.5) is 0 Å². The molecule has 0 aromatic carbocycles. The first-order valence-corrected chi connectivity index (χ1v) is 8.92. The molecule has 4 nitrogen and oxygen atoms in total. The molecular formula is C17H19N3OS. The Balaban J connectivity index is 1.35. The fourth-order valence-corrected chi connectivity index (χ4v) is 5.42. The molecule has 0 N–H and O–H groups in total. The molecule has 2 aromatic rings. The molecule has 4 aliphatic rings. The van der Waals surface area contributed by atoms with E-state index < -0.39 is 0 Å². The average molecular weight is 313 g/mol. The molecule has 1 saturated carbocycles. The SMILES string of the molecule is c1cncc(-c2cnc(OC3[C@@H]4CC5C[C@@H]3CN(C5)C4)s2)c1. The molecule has 5 heterocycles. The predicted octanol–water partition coefficient (Wildman–Crippen LogP) is 2.92. The van der Waals surface area contributed by atoms with Crippen LogP contribution in [0.2, 0.25) is 0 Å². The van der Waals surface area contributed by atoms with E-state index in [1.54, 1.807) is 17.5 Å². The van der Waals surface area contributed by atoms with Crippen molar-refractivity contribution in [3.63, 3.8) is 0 Å². The Kier molecular flexibility index (Phi) is 2.98. The molecule has 114 valence electrons. The number of piperidine rings is 3. The van der Waals surface area contributed by atoms with Crippen molar-refractivity contribution in [3.8, 4) is 15.6 Å². The average Bonchev–Trinajstić information content (AvgIpc) is 3.00. The fourth-order valence-electron chi connectivity index (χ4n) is 4.63. The Labute approximate surface area is 134 Å². The molecule has 3 saturated heterocycles. The largest absolute Gasteiger partial charge is 0.466 e. The van der Waals surface area contributed by atoms with Crippen molar-refractivity contribution in [1.29, 1.82) is 0 Å². The maximum absolute atomic E-state index is 6.35. The molecule has 0 unspecified atom stereocenters. The van der Waals surface area contributed by atoms with Crippen LogP contribution in [0.3, 0.4) is 0 Å². The van der Waals surface area contributed by atoms with Crippen LogP contribution in [-0.2, 0) is 0 Å². The monoisotopic (exact) mass is 313 g/mol. The number of nitrogens with zero attached hydrogens (tertiary/aromatic N) is 3. The van der Waals surface area contributed by atoms with E-state index in [1.165, 1.54) is 32.5 Å². The molecule has 0 spiro atoms. The summed E-state index contributed by atoms with van der Waals surface area (Å²) in [5.41, 5.74) is 1.12. The number of hydrogen-bond acceptors (Lipinski definition) is 5. The normalized spacial score (nSPS) is 35.7. The molecule has 4 fully saturated rings. The van der Waals surface area contributed by atoms with Gasteiger partial charge in [-0.05, 0) is 24.8 Å². The maximum atomic E-state index is 6.35. The van der Waals surface area contributed by atoms with Crippen LogP contribution in [-0.4, -0.2) is 40.6 Å². The van der Waals surface area contributed by atoms with Gasteiger partial charge in [0.15, 0.2) is 0 Å². The number of thiazole rings is 1. The summed E-state index contributed by atoms with van der Waals surface area (Å²) in [7, 11) is 0. The summed E-state index contributed by atoms with van der Waals surface area (Å²) >= 11 is 1.64. The van der Waals surface area contributed by atoms with Crippen LogP contribution in [0.5, 0.6) is 5.19 Å². The number of aromatic nitrogens is 2. The molecular weight excluding hydrogens is 294 g/mol. The third kappa shape index (κ3) is 2.15. The van der Waals surface area contributed by atoms with Crippen molar-refractivity contribution in [1.82, 2.24) is 14.9 Å². The lowest BCUT2D eigenvalue weighted by molar-refractivity contribution is -0.0985. The van der Waals surface area contributed by atoms with Crippen LogP contribution in [0.25, 0.3) is 10.4 Å². The van der Waals surface area contributed by atoms with Crippen molar-refractivity contribution < 1.29 is 4.74 Å². The van der Waals surface area contributed by atoms with Crippen LogP contribution < -0.4 is 4.74 Å². The highest BCUT2D eigenvalue weighted by molar-refractivity contribution is 7.16. The lowest BCUT2D eigenvalue weighted by atomic mass is 9.66. The van der Waals surface area contributed by atoms with Crippen molar-refractivity contribution >= 4 is 11.3 Å². The summed E-state index contributed by atoms with van der Waals surface area (Å²) in [6, 6.07) is 4.03. The Hall–Kier alpha value is -1.46. The molecule has 0 radical (unpaired) electrons. The van der Waals surface area contributed by atoms with Gasteiger partial charge in [0.25, 0.3) is 5.19 Å². The Morgan fingerprint density at radius 3 is 2.73 bits per heavy atom. The van der Waals surface area contributed by atoms with Gasteiger partial charge in [0, 0.05) is 55.6 Å². The molecule has 6 rings (SSSR count). The van der Waals surface area contributed by atoms with Crippen molar-refractivity contribution in [2.24, 2.45) is 17.8 Å². The van der Waals surface area contributed by atoms with Crippen LogP contribution in [0.15, 0.2) is 30.7 Å². The number of rotatable bonds is 3. The Bertz CT molecular complexity index is 644. The molecule has 3 aliphatic heterocycles. The van der Waals surface area contributed by atoms with E-state index in [0.29, 0.717) is 17.9 Å². The first kappa shape index (κ1) is 13.0. The number of pyridine rings is 1. The molecule has 5 heteroatoms. The van der Waals surface area contributed by atoms with Gasteiger partial charge in [-0.1, -0.05) is 17.4 Å². The van der Waals surface area contributed by atoms with Gasteiger partial charge in [0.05, 0.1) is 4.88 Å². The topological polar surface area (TPSA) is 38.3 Å². The first-order valence-electron chi connectivity index (χ1n) is 8.10. The van der Waals surface area contributed by atoms with Gasteiger partial charge in [-0.15, -0.1) is 0 Å². The second-order valence-electron chi connectivity index (χ2n) is 6.89. The molecule has 22 heavy (non-hydrogen) atoms. The molecule has 2 aromatic heterocycles. The van der Waals surface area contributed by atoms with E-state index in [9.17, 15) is 0 Å². The summed E-state index contributed by atoms with van der Waals surface area (Å²) in [6.07, 6.45) is 8.66. The second kappa shape index (κ2) is 5.03. The lowest BCUT2D eigenvalue weighted by Crippen LogP contribution is -2.61. The number of hydrogen-bond donors (Lipinski definition) is 0. The first-order chi connectivity index (χ1) is 10.8. The minimum Gasteiger partial charge on any atom is -0.466 e. The molecule has 0 amide bonds. The Morgan fingerprint density at radius 1 is 1.14 bits per heavy atom. The zero-order valence-corrected chi connectivity index (χ0v) is 13.2. The number of ether oxygens (including phenoxy) is 1. The van der Waals surface area contributed by atoms with Crippen molar-refractivity contribution in [2.45, 2.75) is 18.9 Å². The minimum atomic E-state index is 0.376. The van der Waals surface area contributed by atoms with E-state index in [0.717, 1.165) is 21.6 Å². The summed E-state index contributed by atoms with van der Waals surface area (Å²) in [4.78, 5) is 12.4. The van der Waals surface area contributed by atoms with E-state index in [1.807, 2.05) is 18.5 Å². The van der Waals surface area contributed by atoms with E-state index >= 15 is 0 Å². The summed E-state index contributed by atoms with van der Waals surface area (Å²) in [6.45, 7) is 3.76. The van der Waals surface area contributed by atoms with Crippen LogP contribution >= 0.6 is 11.3 Å². The summed E-state index contributed by atoms with van der Waals surface area (Å²) in [5.74, 6) is 2.33. The predicted molar refractivity (Wildman–Crippen MR) is 85.9 cm³/mol. The lowest BCUT2D eigenvalue weighted by Gasteiger charge is -2.55. The maximum Gasteiger partial charge on any atom is 0.274 e. The van der Waals surface area contributed by atoms with Gasteiger partial charge in [-0.3, -0.25) is 4.98 Å². The van der Waals surface area contributed by atoms with Gasteiger partial charge in [-0.25, -0.2) is 4.98 Å². The van der Waals surface area contributed by atoms with Gasteiger partial charge in [-0.2, -0.15) is 0 Å². The fraction of sp³-hybridized carbons (Fsp3) is 0.529. The third-order valence-corrected chi connectivity index (χ3v) is 6.31. The highest BCUT2D eigenvalue weighted by atomic mass is 32.1. The van der Waals surface area contributed by atoms with Gasteiger partial charge in [0.1, 0.15) is 6.10 Å².